The van der Waals surface area contributed by atoms with Crippen molar-refractivity contribution in [1.29, 1.82) is 0 Å². The van der Waals surface area contributed by atoms with Crippen LogP contribution in [-0.4, -0.2) is 71.4 Å². The fourth-order valence-electron chi connectivity index (χ4n) is 3.60. The molecule has 0 saturated heterocycles. The van der Waals surface area contributed by atoms with Crippen molar-refractivity contribution in [1.82, 2.24) is 10.6 Å². The summed E-state index contributed by atoms with van der Waals surface area (Å²) in [7, 11) is -2.97. The Morgan fingerprint density at radius 1 is 1.19 bits per heavy atom. The molecule has 26 heavy (non-hydrogen) atoms. The van der Waals surface area contributed by atoms with E-state index in [0.717, 1.165) is 38.4 Å². The van der Waals surface area contributed by atoms with Crippen LogP contribution in [-0.2, 0) is 19.3 Å². The molecule has 1 aliphatic carbocycles. The summed E-state index contributed by atoms with van der Waals surface area (Å²) in [6.07, 6.45) is 4.65. The Bertz CT molecular complexity index is 533. The molecular formula is C18H37N3O4S. The van der Waals surface area contributed by atoms with E-state index in [0.29, 0.717) is 25.3 Å². The molecule has 8 heteroatoms. The number of nitrogens with zero attached hydrogens (tertiary/aromatic N) is 1. The molecule has 154 valence electrons. The summed E-state index contributed by atoms with van der Waals surface area (Å²) in [5.74, 6) is 0.830. The molecule has 0 amide bonds. The van der Waals surface area contributed by atoms with Crippen molar-refractivity contribution in [3.63, 3.8) is 0 Å². The second-order valence-electron chi connectivity index (χ2n) is 6.82. The molecule has 0 bridgehead atoms. The van der Waals surface area contributed by atoms with Crippen LogP contribution in [0.3, 0.4) is 0 Å². The minimum absolute atomic E-state index is 0.0471. The highest BCUT2D eigenvalue weighted by Crippen LogP contribution is 2.48. The lowest BCUT2D eigenvalue weighted by molar-refractivity contribution is -0.133. The van der Waals surface area contributed by atoms with Gasteiger partial charge in [-0.15, -0.1) is 0 Å². The molecule has 0 aromatic carbocycles. The number of aliphatic imine (C=N–C) groups is 1. The minimum atomic E-state index is -2.97. The van der Waals surface area contributed by atoms with Crippen molar-refractivity contribution in [2.45, 2.75) is 59.1 Å². The first-order valence-electron chi connectivity index (χ1n) is 9.74. The summed E-state index contributed by atoms with van der Waals surface area (Å²) >= 11 is 0. The van der Waals surface area contributed by atoms with Gasteiger partial charge < -0.3 is 20.1 Å². The zero-order valence-electron chi connectivity index (χ0n) is 17.0. The second-order valence-corrected chi connectivity index (χ2v) is 9.08. The Morgan fingerprint density at radius 2 is 1.88 bits per heavy atom. The standard InChI is InChI=1S/C18H37N3O4S/c1-6-18(7-2)15(14-16(18)25-9-4)21-17(19-8-3)20-10-11-24-12-13-26(5,22)23/h15-16H,6-14H2,1-5H3,(H2,19,20,21). The summed E-state index contributed by atoms with van der Waals surface area (Å²) in [4.78, 5) is 4.55. The number of hydrogen-bond acceptors (Lipinski definition) is 5. The van der Waals surface area contributed by atoms with Gasteiger partial charge in [-0.1, -0.05) is 13.8 Å². The van der Waals surface area contributed by atoms with Gasteiger partial charge in [-0.05, 0) is 33.1 Å². The lowest BCUT2D eigenvalue weighted by atomic mass is 9.58. The van der Waals surface area contributed by atoms with Crippen LogP contribution in [0.25, 0.3) is 0 Å². The SMILES string of the molecule is CCNC(=NCCOCCS(C)(=O)=O)NC1CC(OCC)C1(CC)CC. The summed E-state index contributed by atoms with van der Waals surface area (Å²) < 4.78 is 33.4. The van der Waals surface area contributed by atoms with Crippen LogP contribution >= 0.6 is 0 Å². The van der Waals surface area contributed by atoms with Crippen molar-refractivity contribution in [2.75, 3.05) is 44.9 Å². The highest BCUT2D eigenvalue weighted by Gasteiger charge is 2.53. The Hall–Kier alpha value is -0.860. The predicted octanol–water partition coefficient (Wildman–Crippen LogP) is 1.59. The van der Waals surface area contributed by atoms with E-state index >= 15 is 0 Å². The Balaban J connectivity index is 2.53. The third-order valence-corrected chi connectivity index (χ3v) is 6.14. The molecule has 0 aromatic rings. The topological polar surface area (TPSA) is 89.0 Å². The fraction of sp³-hybridized carbons (Fsp3) is 0.944. The predicted molar refractivity (Wildman–Crippen MR) is 106 cm³/mol. The van der Waals surface area contributed by atoms with Crippen LogP contribution in [0, 0.1) is 5.41 Å². The van der Waals surface area contributed by atoms with E-state index in [9.17, 15) is 8.42 Å². The maximum absolute atomic E-state index is 11.1. The van der Waals surface area contributed by atoms with Crippen molar-refractivity contribution in [2.24, 2.45) is 10.4 Å². The molecule has 1 aliphatic rings. The first-order valence-corrected chi connectivity index (χ1v) is 11.8. The molecule has 2 atom stereocenters. The first-order chi connectivity index (χ1) is 12.3. The molecule has 0 radical (unpaired) electrons. The van der Waals surface area contributed by atoms with E-state index < -0.39 is 9.84 Å². The number of nitrogens with one attached hydrogen (secondary N) is 2. The van der Waals surface area contributed by atoms with Crippen LogP contribution in [0.4, 0.5) is 0 Å². The van der Waals surface area contributed by atoms with Gasteiger partial charge in [0.25, 0.3) is 0 Å². The minimum Gasteiger partial charge on any atom is -0.378 e. The number of rotatable bonds is 12. The molecule has 2 unspecified atom stereocenters. The van der Waals surface area contributed by atoms with Gasteiger partial charge in [0.15, 0.2) is 5.96 Å². The highest BCUT2D eigenvalue weighted by molar-refractivity contribution is 7.90. The maximum Gasteiger partial charge on any atom is 0.191 e. The van der Waals surface area contributed by atoms with Crippen LogP contribution < -0.4 is 10.6 Å². The van der Waals surface area contributed by atoms with E-state index in [2.05, 4.69) is 29.5 Å². The van der Waals surface area contributed by atoms with Gasteiger partial charge in [0, 0.05) is 30.9 Å². The molecule has 1 rings (SSSR count). The van der Waals surface area contributed by atoms with E-state index in [4.69, 9.17) is 9.47 Å². The third-order valence-electron chi connectivity index (χ3n) is 5.23. The Morgan fingerprint density at radius 3 is 2.42 bits per heavy atom. The van der Waals surface area contributed by atoms with E-state index in [-0.39, 0.29) is 17.8 Å². The maximum atomic E-state index is 11.1. The average molecular weight is 392 g/mol. The van der Waals surface area contributed by atoms with Crippen molar-refractivity contribution in [3.8, 4) is 0 Å². The summed E-state index contributed by atoms with van der Waals surface area (Å²) in [5.41, 5.74) is 0.151. The van der Waals surface area contributed by atoms with E-state index in [1.807, 2.05) is 13.8 Å². The van der Waals surface area contributed by atoms with Gasteiger partial charge in [-0.25, -0.2) is 8.42 Å². The van der Waals surface area contributed by atoms with Crippen molar-refractivity contribution < 1.29 is 17.9 Å². The van der Waals surface area contributed by atoms with Crippen LogP contribution in [0.2, 0.25) is 0 Å². The smallest absolute Gasteiger partial charge is 0.191 e. The second kappa shape index (κ2) is 11.1. The number of guanidine groups is 1. The summed E-state index contributed by atoms with van der Waals surface area (Å²) in [6, 6.07) is 0.345. The molecular weight excluding hydrogens is 354 g/mol. The molecule has 0 spiro atoms. The monoisotopic (exact) mass is 391 g/mol. The van der Waals surface area contributed by atoms with Gasteiger partial charge >= 0.3 is 0 Å². The van der Waals surface area contributed by atoms with E-state index in [1.165, 1.54) is 6.26 Å². The first kappa shape index (κ1) is 23.2. The zero-order valence-corrected chi connectivity index (χ0v) is 17.8. The van der Waals surface area contributed by atoms with Crippen LogP contribution in [0.15, 0.2) is 4.99 Å². The lowest BCUT2D eigenvalue weighted by Crippen LogP contribution is -2.65. The zero-order chi connectivity index (χ0) is 19.6. The number of ether oxygens (including phenoxy) is 2. The Labute approximate surface area is 159 Å². The van der Waals surface area contributed by atoms with Crippen molar-refractivity contribution >= 4 is 15.8 Å². The number of hydrogen-bond donors (Lipinski definition) is 2. The quantitative estimate of drug-likeness (QED) is 0.298. The number of sulfone groups is 1. The van der Waals surface area contributed by atoms with Gasteiger partial charge in [-0.2, -0.15) is 0 Å². The van der Waals surface area contributed by atoms with Gasteiger partial charge in [-0.3, -0.25) is 4.99 Å². The molecule has 0 aromatic heterocycles. The highest BCUT2D eigenvalue weighted by atomic mass is 32.2. The molecule has 1 saturated carbocycles. The normalized spacial score (nSPS) is 22.7. The van der Waals surface area contributed by atoms with Gasteiger partial charge in [0.1, 0.15) is 9.84 Å². The molecule has 7 nitrogen and oxygen atoms in total. The average Bonchev–Trinajstić information content (AvgIpc) is 2.57. The molecule has 2 N–H and O–H groups in total. The molecule has 0 heterocycles. The molecule has 1 fully saturated rings. The van der Waals surface area contributed by atoms with Crippen LogP contribution in [0.5, 0.6) is 0 Å². The van der Waals surface area contributed by atoms with Crippen molar-refractivity contribution in [3.05, 3.63) is 0 Å². The summed E-state index contributed by atoms with van der Waals surface area (Å²) in [6.45, 7) is 11.2. The Kier molecular flexibility index (Phi) is 9.89. The van der Waals surface area contributed by atoms with Gasteiger partial charge in [0.2, 0.25) is 0 Å². The van der Waals surface area contributed by atoms with E-state index in [1.54, 1.807) is 0 Å². The fourth-order valence-corrected chi connectivity index (χ4v) is 4.02. The summed E-state index contributed by atoms with van der Waals surface area (Å²) in [5, 5.41) is 6.83. The largest absolute Gasteiger partial charge is 0.378 e. The molecule has 0 aliphatic heterocycles. The third kappa shape index (κ3) is 6.70. The van der Waals surface area contributed by atoms with Gasteiger partial charge in [0.05, 0.1) is 31.6 Å². The van der Waals surface area contributed by atoms with Crippen LogP contribution in [0.1, 0.15) is 47.0 Å². The lowest BCUT2D eigenvalue weighted by Gasteiger charge is -2.55.